The number of aryl methyl sites for hydroxylation is 2. The molecule has 1 aromatic heterocycles. The zero-order valence-electron chi connectivity index (χ0n) is 16.2. The standard InChI is InChI=1S/C19H22N4O4S2/c1-13-11-14(2)23(21-13)17-9-7-16(8-10-17)15(3)22-29(26,27)19-6-4-5-18(12-19)28(20,24)25/h4-12,15,22H,1-3H3,(H2,20,24,25)/t15-/m1/s1. The molecular formula is C19H22N4O4S2. The smallest absolute Gasteiger partial charge is 0.238 e. The fourth-order valence-corrected chi connectivity index (χ4v) is 4.89. The number of nitrogens with zero attached hydrogens (tertiary/aromatic N) is 2. The number of hydrogen-bond donors (Lipinski definition) is 2. The molecule has 1 heterocycles. The summed E-state index contributed by atoms with van der Waals surface area (Å²) in [5.74, 6) is 0. The quantitative estimate of drug-likeness (QED) is 0.615. The van der Waals surface area contributed by atoms with Crippen LogP contribution in [0.1, 0.15) is 29.9 Å². The highest BCUT2D eigenvalue weighted by Gasteiger charge is 2.20. The lowest BCUT2D eigenvalue weighted by molar-refractivity contribution is 0.566. The number of hydrogen-bond acceptors (Lipinski definition) is 5. The summed E-state index contributed by atoms with van der Waals surface area (Å²) in [6.07, 6.45) is 0. The number of nitrogens with two attached hydrogens (primary N) is 1. The topological polar surface area (TPSA) is 124 Å². The molecule has 10 heteroatoms. The van der Waals surface area contributed by atoms with Crippen molar-refractivity contribution in [3.63, 3.8) is 0 Å². The fourth-order valence-electron chi connectivity index (χ4n) is 2.98. The first kappa shape index (κ1) is 21.2. The summed E-state index contributed by atoms with van der Waals surface area (Å²) < 4.78 is 52.7. The Morgan fingerprint density at radius 2 is 1.59 bits per heavy atom. The zero-order chi connectivity index (χ0) is 21.4. The predicted octanol–water partition coefficient (Wildman–Crippen LogP) is 2.18. The second kappa shape index (κ2) is 7.71. The van der Waals surface area contributed by atoms with Gasteiger partial charge < -0.3 is 0 Å². The van der Waals surface area contributed by atoms with Gasteiger partial charge in [0.2, 0.25) is 20.0 Å². The Hall–Kier alpha value is -2.53. The van der Waals surface area contributed by atoms with Crippen molar-refractivity contribution in [2.75, 3.05) is 0 Å². The first-order valence-electron chi connectivity index (χ1n) is 8.76. The zero-order valence-corrected chi connectivity index (χ0v) is 17.8. The summed E-state index contributed by atoms with van der Waals surface area (Å²) in [7, 11) is -7.94. The summed E-state index contributed by atoms with van der Waals surface area (Å²) in [5, 5.41) is 9.51. The molecule has 3 rings (SSSR count). The summed E-state index contributed by atoms with van der Waals surface area (Å²) in [4.78, 5) is -0.433. The molecule has 8 nitrogen and oxygen atoms in total. The molecule has 0 saturated heterocycles. The summed E-state index contributed by atoms with van der Waals surface area (Å²) in [6.45, 7) is 5.58. The Morgan fingerprint density at radius 1 is 0.966 bits per heavy atom. The molecule has 3 aromatic rings. The number of rotatable bonds is 6. The maximum atomic E-state index is 12.7. The monoisotopic (exact) mass is 434 g/mol. The molecule has 0 aliphatic rings. The number of nitrogens with one attached hydrogen (secondary N) is 1. The van der Waals surface area contributed by atoms with E-state index in [2.05, 4.69) is 9.82 Å². The van der Waals surface area contributed by atoms with Crippen LogP contribution in [0.4, 0.5) is 0 Å². The van der Waals surface area contributed by atoms with Crippen molar-refractivity contribution in [2.45, 2.75) is 36.6 Å². The Morgan fingerprint density at radius 3 is 2.14 bits per heavy atom. The van der Waals surface area contributed by atoms with Crippen LogP contribution in [0.2, 0.25) is 0 Å². The van der Waals surface area contributed by atoms with E-state index in [0.717, 1.165) is 28.7 Å². The van der Waals surface area contributed by atoms with Gasteiger partial charge in [-0.1, -0.05) is 18.2 Å². The van der Waals surface area contributed by atoms with E-state index in [-0.39, 0.29) is 9.79 Å². The van der Waals surface area contributed by atoms with E-state index >= 15 is 0 Å². The van der Waals surface area contributed by atoms with Gasteiger partial charge in [-0.3, -0.25) is 0 Å². The molecule has 29 heavy (non-hydrogen) atoms. The van der Waals surface area contributed by atoms with Crippen LogP contribution in [0.5, 0.6) is 0 Å². The SMILES string of the molecule is Cc1cc(C)n(-c2ccc([C@@H](C)NS(=O)(=O)c3cccc(S(N)(=O)=O)c3)cc2)n1. The lowest BCUT2D eigenvalue weighted by Crippen LogP contribution is -2.27. The van der Waals surface area contributed by atoms with E-state index in [1.807, 2.05) is 48.9 Å². The molecule has 0 unspecified atom stereocenters. The van der Waals surface area contributed by atoms with Gasteiger partial charge in [-0.2, -0.15) is 5.10 Å². The Kier molecular flexibility index (Phi) is 5.63. The highest BCUT2D eigenvalue weighted by atomic mass is 32.2. The van der Waals surface area contributed by atoms with Gasteiger partial charge in [-0.25, -0.2) is 31.4 Å². The van der Waals surface area contributed by atoms with Gasteiger partial charge in [0, 0.05) is 11.7 Å². The number of aromatic nitrogens is 2. The van der Waals surface area contributed by atoms with Crippen LogP contribution in [0.15, 0.2) is 64.4 Å². The van der Waals surface area contributed by atoms with Gasteiger partial charge in [-0.15, -0.1) is 0 Å². The number of sulfonamides is 2. The van der Waals surface area contributed by atoms with Crippen molar-refractivity contribution >= 4 is 20.0 Å². The fraction of sp³-hybridized carbons (Fsp3) is 0.211. The van der Waals surface area contributed by atoms with E-state index in [4.69, 9.17) is 5.14 Å². The van der Waals surface area contributed by atoms with Crippen molar-refractivity contribution < 1.29 is 16.8 Å². The Balaban J connectivity index is 1.82. The van der Waals surface area contributed by atoms with E-state index in [9.17, 15) is 16.8 Å². The van der Waals surface area contributed by atoms with Crippen molar-refractivity contribution in [3.8, 4) is 5.69 Å². The Bertz CT molecular complexity index is 1250. The second-order valence-electron chi connectivity index (χ2n) is 6.79. The highest BCUT2D eigenvalue weighted by molar-refractivity contribution is 7.90. The molecular weight excluding hydrogens is 412 g/mol. The molecule has 1 atom stereocenters. The molecule has 0 bridgehead atoms. The maximum Gasteiger partial charge on any atom is 0.241 e. The summed E-state index contributed by atoms with van der Waals surface area (Å²) in [6, 6.07) is 13.7. The molecule has 0 saturated carbocycles. The van der Waals surface area contributed by atoms with Gasteiger partial charge in [0.15, 0.2) is 0 Å². The summed E-state index contributed by atoms with van der Waals surface area (Å²) >= 11 is 0. The average Bonchev–Trinajstić information content (AvgIpc) is 2.99. The van der Waals surface area contributed by atoms with Gasteiger partial charge in [0.05, 0.1) is 21.2 Å². The van der Waals surface area contributed by atoms with Crippen molar-refractivity contribution in [1.82, 2.24) is 14.5 Å². The number of primary sulfonamides is 1. The average molecular weight is 435 g/mol. The van der Waals surface area contributed by atoms with Crippen LogP contribution >= 0.6 is 0 Å². The molecule has 0 aliphatic heterocycles. The first-order chi connectivity index (χ1) is 13.5. The van der Waals surface area contributed by atoms with E-state index in [0.29, 0.717) is 0 Å². The molecule has 0 aliphatic carbocycles. The maximum absolute atomic E-state index is 12.7. The van der Waals surface area contributed by atoms with Crippen LogP contribution in [0, 0.1) is 13.8 Å². The van der Waals surface area contributed by atoms with Crippen molar-refractivity contribution in [2.24, 2.45) is 5.14 Å². The number of benzene rings is 2. The third-order valence-electron chi connectivity index (χ3n) is 4.42. The second-order valence-corrected chi connectivity index (χ2v) is 10.1. The first-order valence-corrected chi connectivity index (χ1v) is 11.8. The largest absolute Gasteiger partial charge is 0.241 e. The van der Waals surface area contributed by atoms with Crippen LogP contribution in [0.25, 0.3) is 5.69 Å². The minimum Gasteiger partial charge on any atom is -0.238 e. The predicted molar refractivity (Wildman–Crippen MR) is 110 cm³/mol. The third kappa shape index (κ3) is 4.73. The van der Waals surface area contributed by atoms with Crippen LogP contribution in [0.3, 0.4) is 0 Å². The molecule has 0 amide bonds. The molecule has 3 N–H and O–H groups in total. The molecule has 154 valence electrons. The van der Waals surface area contributed by atoms with Gasteiger partial charge in [0.1, 0.15) is 0 Å². The van der Waals surface area contributed by atoms with Crippen LogP contribution in [-0.2, 0) is 20.0 Å². The van der Waals surface area contributed by atoms with E-state index in [1.54, 1.807) is 6.92 Å². The minimum atomic E-state index is -4.00. The lowest BCUT2D eigenvalue weighted by Gasteiger charge is -2.16. The van der Waals surface area contributed by atoms with Crippen LogP contribution in [-0.4, -0.2) is 26.6 Å². The Labute approximate surface area is 170 Å². The molecule has 0 spiro atoms. The van der Waals surface area contributed by atoms with Gasteiger partial charge in [0.25, 0.3) is 0 Å². The third-order valence-corrected chi connectivity index (χ3v) is 6.87. The van der Waals surface area contributed by atoms with Gasteiger partial charge >= 0.3 is 0 Å². The normalized spacial score (nSPS) is 13.4. The molecule has 0 radical (unpaired) electrons. The molecule has 0 fully saturated rings. The van der Waals surface area contributed by atoms with Crippen molar-refractivity contribution in [3.05, 3.63) is 71.5 Å². The minimum absolute atomic E-state index is 0.171. The summed E-state index contributed by atoms with van der Waals surface area (Å²) in [5.41, 5.74) is 3.53. The van der Waals surface area contributed by atoms with Gasteiger partial charge in [-0.05, 0) is 62.7 Å². The van der Waals surface area contributed by atoms with E-state index < -0.39 is 26.1 Å². The highest BCUT2D eigenvalue weighted by Crippen LogP contribution is 2.21. The van der Waals surface area contributed by atoms with Crippen LogP contribution < -0.4 is 9.86 Å². The lowest BCUT2D eigenvalue weighted by atomic mass is 10.1. The molecule has 2 aromatic carbocycles. The van der Waals surface area contributed by atoms with Crippen molar-refractivity contribution in [1.29, 1.82) is 0 Å². The van der Waals surface area contributed by atoms with E-state index in [1.165, 1.54) is 18.2 Å².